The summed E-state index contributed by atoms with van der Waals surface area (Å²) < 4.78 is 7.31. The quantitative estimate of drug-likeness (QED) is 0.650. The molecular formula is C14H9BrClN3O2. The van der Waals surface area contributed by atoms with Crippen molar-refractivity contribution in [3.05, 3.63) is 51.6 Å². The Kier molecular flexibility index (Phi) is 3.65. The number of carbonyl (C=O) groups excluding carboxylic acids is 1. The lowest BCUT2D eigenvalue weighted by Gasteiger charge is -2.05. The van der Waals surface area contributed by atoms with E-state index in [9.17, 15) is 4.79 Å². The summed E-state index contributed by atoms with van der Waals surface area (Å²) in [5, 5.41) is 8.76. The van der Waals surface area contributed by atoms with Crippen molar-refractivity contribution < 1.29 is 9.53 Å². The van der Waals surface area contributed by atoms with Crippen molar-refractivity contribution in [2.75, 3.05) is 7.11 Å². The van der Waals surface area contributed by atoms with Gasteiger partial charge >= 0.3 is 5.97 Å². The number of esters is 1. The molecule has 0 spiro atoms. The molecule has 3 rings (SSSR count). The molecule has 0 amide bonds. The first-order valence-electron chi connectivity index (χ1n) is 5.98. The number of halogens is 2. The van der Waals surface area contributed by atoms with Gasteiger partial charge in [0.25, 0.3) is 0 Å². The summed E-state index contributed by atoms with van der Waals surface area (Å²) in [5.74, 6) is 0.145. The molecule has 0 N–H and O–H groups in total. The van der Waals surface area contributed by atoms with E-state index in [4.69, 9.17) is 16.3 Å². The fraction of sp³-hybridized carbons (Fsp3) is 0.0714. The molecule has 0 aliphatic carbocycles. The topological polar surface area (TPSA) is 56.5 Å². The second kappa shape index (κ2) is 5.46. The number of hydrogen-bond acceptors (Lipinski definition) is 4. The van der Waals surface area contributed by atoms with Crippen molar-refractivity contribution in [3.63, 3.8) is 0 Å². The smallest absolute Gasteiger partial charge is 0.339 e. The van der Waals surface area contributed by atoms with Crippen molar-refractivity contribution in [1.29, 1.82) is 0 Å². The first-order valence-corrected chi connectivity index (χ1v) is 7.16. The minimum Gasteiger partial charge on any atom is -0.465 e. The Morgan fingerprint density at radius 1 is 1.29 bits per heavy atom. The van der Waals surface area contributed by atoms with Gasteiger partial charge in [-0.15, -0.1) is 10.2 Å². The van der Waals surface area contributed by atoms with Crippen LogP contribution in [0.5, 0.6) is 0 Å². The molecule has 3 aromatic rings. The number of methoxy groups -OCH3 is 1. The molecule has 21 heavy (non-hydrogen) atoms. The molecule has 0 aliphatic heterocycles. The molecule has 7 heteroatoms. The Hall–Kier alpha value is -1.92. The second-order valence-electron chi connectivity index (χ2n) is 4.29. The van der Waals surface area contributed by atoms with Gasteiger partial charge in [-0.2, -0.15) is 0 Å². The molecule has 0 fully saturated rings. The maximum atomic E-state index is 11.6. The van der Waals surface area contributed by atoms with Crippen LogP contribution in [0.3, 0.4) is 0 Å². The number of pyridine rings is 1. The molecule has 0 aliphatic rings. The normalized spacial score (nSPS) is 10.8. The van der Waals surface area contributed by atoms with Gasteiger partial charge in [0, 0.05) is 16.2 Å². The van der Waals surface area contributed by atoms with Crippen LogP contribution in [-0.4, -0.2) is 27.7 Å². The van der Waals surface area contributed by atoms with Crippen molar-refractivity contribution in [1.82, 2.24) is 14.6 Å². The summed E-state index contributed by atoms with van der Waals surface area (Å²) in [6.07, 6.45) is 1.63. The number of carbonyl (C=O) groups is 1. The van der Waals surface area contributed by atoms with Crippen LogP contribution in [0.4, 0.5) is 0 Å². The van der Waals surface area contributed by atoms with E-state index in [0.29, 0.717) is 22.1 Å². The molecule has 2 aromatic heterocycles. The molecule has 0 saturated heterocycles. The zero-order valence-corrected chi connectivity index (χ0v) is 13.2. The molecule has 0 bridgehead atoms. The molecular weight excluding hydrogens is 358 g/mol. The minimum atomic E-state index is -0.418. The fourth-order valence-electron chi connectivity index (χ4n) is 1.98. The van der Waals surface area contributed by atoms with E-state index in [2.05, 4.69) is 26.1 Å². The average molecular weight is 367 g/mol. The minimum absolute atomic E-state index is 0.416. The van der Waals surface area contributed by atoms with E-state index in [-0.39, 0.29) is 0 Å². The molecule has 0 unspecified atom stereocenters. The van der Waals surface area contributed by atoms with Gasteiger partial charge in [0.05, 0.1) is 17.7 Å². The largest absolute Gasteiger partial charge is 0.465 e. The van der Waals surface area contributed by atoms with Crippen LogP contribution >= 0.6 is 27.5 Å². The monoisotopic (exact) mass is 365 g/mol. The maximum Gasteiger partial charge on any atom is 0.339 e. The summed E-state index contributed by atoms with van der Waals surface area (Å²) in [6, 6.07) is 8.83. The second-order valence-corrected chi connectivity index (χ2v) is 5.61. The lowest BCUT2D eigenvalue weighted by atomic mass is 10.2. The van der Waals surface area contributed by atoms with Crippen molar-refractivity contribution in [2.45, 2.75) is 0 Å². The Balaban J connectivity index is 2.20. The standard InChI is InChI=1S/C14H9BrClN3O2/c1-21-14(20)8-2-5-12-17-18-13(19(12)7-8)10-4-3-9(15)6-11(10)16/h2-7H,1H3. The third kappa shape index (κ3) is 2.52. The summed E-state index contributed by atoms with van der Waals surface area (Å²) in [6.45, 7) is 0. The van der Waals surface area contributed by atoms with Crippen LogP contribution in [0.2, 0.25) is 5.02 Å². The first-order chi connectivity index (χ1) is 10.1. The van der Waals surface area contributed by atoms with E-state index in [1.807, 2.05) is 12.1 Å². The first kappa shape index (κ1) is 14.0. The van der Waals surface area contributed by atoms with Gasteiger partial charge in [-0.1, -0.05) is 27.5 Å². The van der Waals surface area contributed by atoms with Crippen molar-refractivity contribution >= 4 is 39.1 Å². The van der Waals surface area contributed by atoms with Gasteiger partial charge < -0.3 is 4.74 Å². The average Bonchev–Trinajstić information content (AvgIpc) is 2.89. The molecule has 0 saturated carbocycles. The molecule has 106 valence electrons. The Morgan fingerprint density at radius 2 is 2.10 bits per heavy atom. The predicted molar refractivity (Wildman–Crippen MR) is 82.5 cm³/mol. The third-order valence-corrected chi connectivity index (χ3v) is 3.80. The Bertz CT molecular complexity index is 847. The molecule has 1 aromatic carbocycles. The van der Waals surface area contributed by atoms with Crippen LogP contribution in [0.1, 0.15) is 10.4 Å². The number of nitrogens with zero attached hydrogens (tertiary/aromatic N) is 3. The molecule has 0 radical (unpaired) electrons. The highest BCUT2D eigenvalue weighted by atomic mass is 79.9. The van der Waals surface area contributed by atoms with E-state index in [1.165, 1.54) is 7.11 Å². The summed E-state index contributed by atoms with van der Waals surface area (Å²) in [4.78, 5) is 11.6. The van der Waals surface area contributed by atoms with Crippen LogP contribution in [0, 0.1) is 0 Å². The van der Waals surface area contributed by atoms with Crippen LogP contribution in [-0.2, 0) is 4.74 Å². The van der Waals surface area contributed by atoms with Gasteiger partial charge in [-0.05, 0) is 30.3 Å². The summed E-state index contributed by atoms with van der Waals surface area (Å²) in [5.41, 5.74) is 1.77. The van der Waals surface area contributed by atoms with Crippen molar-refractivity contribution in [2.24, 2.45) is 0 Å². The zero-order chi connectivity index (χ0) is 15.0. The summed E-state index contributed by atoms with van der Waals surface area (Å²) in [7, 11) is 1.34. The number of aromatic nitrogens is 3. The van der Waals surface area contributed by atoms with E-state index in [0.717, 1.165) is 10.0 Å². The highest BCUT2D eigenvalue weighted by Gasteiger charge is 2.14. The summed E-state index contributed by atoms with van der Waals surface area (Å²) >= 11 is 9.61. The SMILES string of the molecule is COC(=O)c1ccc2nnc(-c3ccc(Br)cc3Cl)n2c1. The fourth-order valence-corrected chi connectivity index (χ4v) is 2.74. The van der Waals surface area contributed by atoms with Crippen LogP contribution in [0.15, 0.2) is 41.0 Å². The van der Waals surface area contributed by atoms with Gasteiger partial charge in [0.15, 0.2) is 11.5 Å². The highest BCUT2D eigenvalue weighted by molar-refractivity contribution is 9.10. The van der Waals surface area contributed by atoms with E-state index in [1.54, 1.807) is 28.8 Å². The maximum absolute atomic E-state index is 11.6. The van der Waals surface area contributed by atoms with Gasteiger partial charge in [-0.25, -0.2) is 4.79 Å². The predicted octanol–water partition coefficient (Wildman–Crippen LogP) is 3.60. The van der Waals surface area contributed by atoms with Crippen molar-refractivity contribution in [3.8, 4) is 11.4 Å². The Labute approximate surface area is 133 Å². The van der Waals surface area contributed by atoms with Gasteiger partial charge in [-0.3, -0.25) is 4.40 Å². The van der Waals surface area contributed by atoms with Crippen LogP contribution < -0.4 is 0 Å². The molecule has 5 nitrogen and oxygen atoms in total. The lowest BCUT2D eigenvalue weighted by Crippen LogP contribution is -2.03. The number of fused-ring (bicyclic) bond motifs is 1. The van der Waals surface area contributed by atoms with E-state index < -0.39 is 5.97 Å². The zero-order valence-electron chi connectivity index (χ0n) is 10.9. The van der Waals surface area contributed by atoms with E-state index >= 15 is 0 Å². The molecule has 2 heterocycles. The third-order valence-electron chi connectivity index (χ3n) is 3.00. The number of hydrogen-bond donors (Lipinski definition) is 0. The Morgan fingerprint density at radius 3 is 2.81 bits per heavy atom. The van der Waals surface area contributed by atoms with Gasteiger partial charge in [0.2, 0.25) is 0 Å². The molecule has 0 atom stereocenters. The van der Waals surface area contributed by atoms with Crippen LogP contribution in [0.25, 0.3) is 17.0 Å². The number of ether oxygens (including phenoxy) is 1. The lowest BCUT2D eigenvalue weighted by molar-refractivity contribution is 0.0600. The number of rotatable bonds is 2. The number of benzene rings is 1. The van der Waals surface area contributed by atoms with Gasteiger partial charge in [0.1, 0.15) is 0 Å². The highest BCUT2D eigenvalue weighted by Crippen LogP contribution is 2.29.